The maximum absolute atomic E-state index is 15.2. The van der Waals surface area contributed by atoms with Gasteiger partial charge in [-0.15, -0.1) is 0 Å². The molecular weight excluding hydrogens is 1280 g/mol. The van der Waals surface area contributed by atoms with Crippen molar-refractivity contribution in [2.75, 3.05) is 19.7 Å². The van der Waals surface area contributed by atoms with Gasteiger partial charge in [0.2, 0.25) is 41.4 Å². The number of carboxylic acid groups (broad SMARTS) is 1. The number of aliphatic carboxylic acids is 1. The van der Waals surface area contributed by atoms with Gasteiger partial charge in [0, 0.05) is 47.6 Å². The molecule has 99 heavy (non-hydrogen) atoms. The van der Waals surface area contributed by atoms with Crippen LogP contribution in [0.15, 0.2) is 78.7 Å². The molecule has 0 bridgehead atoms. The predicted octanol–water partition coefficient (Wildman–Crippen LogP) is 7.72. The van der Waals surface area contributed by atoms with E-state index >= 15 is 9.59 Å². The number of nitrogens with one attached hydrogen (secondary N) is 8. The van der Waals surface area contributed by atoms with Crippen molar-refractivity contribution in [1.82, 2.24) is 51.7 Å². The molecular formula is C70H104N14O15. The van der Waals surface area contributed by atoms with Crippen molar-refractivity contribution in [2.24, 2.45) is 34.5 Å². The fraction of sp³-hybridized carbons (Fsp3) is 0.586. The second-order valence-corrected chi connectivity index (χ2v) is 28.4. The van der Waals surface area contributed by atoms with Gasteiger partial charge in [-0.3, -0.25) is 42.7 Å². The van der Waals surface area contributed by atoms with Gasteiger partial charge in [0.15, 0.2) is 0 Å². The maximum Gasteiger partial charge on any atom is 0.419 e. The highest BCUT2D eigenvalue weighted by atomic mass is 16.6. The Hall–Kier alpha value is -9.50. The molecule has 8 atom stereocenters. The van der Waals surface area contributed by atoms with E-state index in [4.69, 9.17) is 25.5 Å². The van der Waals surface area contributed by atoms with Crippen molar-refractivity contribution < 1.29 is 72.1 Å². The van der Waals surface area contributed by atoms with E-state index in [1.54, 1.807) is 138 Å². The van der Waals surface area contributed by atoms with Crippen LogP contribution >= 0.6 is 0 Å². The number of benzene rings is 2. The van der Waals surface area contributed by atoms with E-state index in [9.17, 15) is 48.3 Å². The molecule has 0 spiro atoms. The molecule has 4 aromatic rings. The molecule has 2 aromatic heterocycles. The van der Waals surface area contributed by atoms with E-state index in [0.29, 0.717) is 32.9 Å². The standard InChI is InChI=1S/C70H104N14O15/c1-16-31-97-66(94)73-29-21-25-49(75-61(88)51(32-40(2)3)77-58(85)48(71)36-44-38-83(67(95)98-69(10,11)12)56-27-19-17-23-46(44)56)59(86)78-53(34-42(6)7)63(90)80-54(37-45-39-84(68(96)99-70(13,14)15)57-28-20-18-24-47(45)57)64(91)79-52(33-41(4)5)62(89)76-50(26-22-30-74-82-72)60(87)81-55(65(92)93)35-43(8)9/h16-20,23-24,27-28,38-43,48-55H,1,21-22,25-26,29-37,71H2,2-15H3,(H,73,94)(H,75,88)(H,76,89)(H,77,85)(H,78,86)(H,79,91)(H,80,90)(H,81,87)(H,92,93)/t48-,49-,50-,51+,52+,53+,54-,55+/m0/s1. The minimum absolute atomic E-state index is 0.0168. The summed E-state index contributed by atoms with van der Waals surface area (Å²) < 4.78 is 19.0. The van der Waals surface area contributed by atoms with Gasteiger partial charge in [0.05, 0.1) is 17.1 Å². The summed E-state index contributed by atoms with van der Waals surface area (Å²) in [5.74, 6) is -8.07. The van der Waals surface area contributed by atoms with E-state index in [1.807, 2.05) is 13.8 Å². The van der Waals surface area contributed by atoms with Crippen molar-refractivity contribution in [1.29, 1.82) is 0 Å². The zero-order chi connectivity index (χ0) is 74.1. The number of carbonyl (C=O) groups is 11. The summed E-state index contributed by atoms with van der Waals surface area (Å²) in [6.45, 7) is 28.0. The summed E-state index contributed by atoms with van der Waals surface area (Å²) in [6.07, 6.45) is 1.88. The van der Waals surface area contributed by atoms with Crippen LogP contribution in [-0.4, -0.2) is 159 Å². The number of carbonyl (C=O) groups excluding carboxylic acids is 10. The number of para-hydroxylation sites is 2. The van der Waals surface area contributed by atoms with E-state index in [2.05, 4.69) is 59.1 Å². The van der Waals surface area contributed by atoms with Gasteiger partial charge in [-0.25, -0.2) is 19.2 Å². The number of fused-ring (bicyclic) bond motifs is 2. The van der Waals surface area contributed by atoms with Crippen LogP contribution in [0.3, 0.4) is 0 Å². The molecule has 2 heterocycles. The molecule has 2 aromatic carbocycles. The topological polar surface area (TPSA) is 417 Å². The third kappa shape index (κ3) is 27.4. The maximum atomic E-state index is 15.2. The Labute approximate surface area is 578 Å². The third-order valence-electron chi connectivity index (χ3n) is 15.3. The average molecular weight is 1380 g/mol. The quantitative estimate of drug-likeness (QED) is 0.00516. The molecule has 0 aliphatic heterocycles. The van der Waals surface area contributed by atoms with Crippen molar-refractivity contribution in [3.63, 3.8) is 0 Å². The first-order valence-electron chi connectivity index (χ1n) is 33.7. The first-order valence-corrected chi connectivity index (χ1v) is 33.7. The molecule has 0 radical (unpaired) electrons. The predicted molar refractivity (Wildman–Crippen MR) is 374 cm³/mol. The van der Waals surface area contributed by atoms with Crippen LogP contribution in [0.25, 0.3) is 32.2 Å². The van der Waals surface area contributed by atoms with E-state index in [0.717, 1.165) is 0 Å². The van der Waals surface area contributed by atoms with Crippen molar-refractivity contribution in [3.05, 3.63) is 95.1 Å². The first kappa shape index (κ1) is 81.9. The number of nitrogens with two attached hydrogens (primary N) is 1. The Kier molecular flexibility index (Phi) is 31.9. The number of hydrogen-bond acceptors (Lipinski definition) is 16. The van der Waals surface area contributed by atoms with Gasteiger partial charge < -0.3 is 67.6 Å². The highest BCUT2D eigenvalue weighted by Crippen LogP contribution is 2.27. The molecule has 0 unspecified atom stereocenters. The molecule has 4 rings (SSSR count). The van der Waals surface area contributed by atoms with Crippen molar-refractivity contribution in [3.8, 4) is 0 Å². The Morgan fingerprint density at radius 2 is 0.909 bits per heavy atom. The summed E-state index contributed by atoms with van der Waals surface area (Å²) >= 11 is 0. The Morgan fingerprint density at radius 1 is 0.545 bits per heavy atom. The molecule has 29 nitrogen and oxygen atoms in total. The molecule has 0 saturated carbocycles. The van der Waals surface area contributed by atoms with Gasteiger partial charge in [-0.1, -0.05) is 110 Å². The Balaban J connectivity index is 1.76. The lowest BCUT2D eigenvalue weighted by Crippen LogP contribution is -2.60. The van der Waals surface area contributed by atoms with E-state index in [-0.39, 0.29) is 108 Å². The number of rotatable bonds is 37. The monoisotopic (exact) mass is 1380 g/mol. The van der Waals surface area contributed by atoms with E-state index in [1.165, 1.54) is 21.4 Å². The highest BCUT2D eigenvalue weighted by Gasteiger charge is 2.37. The van der Waals surface area contributed by atoms with Crippen LogP contribution in [0.5, 0.6) is 0 Å². The fourth-order valence-corrected chi connectivity index (χ4v) is 10.9. The van der Waals surface area contributed by atoms with Crippen LogP contribution in [0.2, 0.25) is 0 Å². The molecule has 0 fully saturated rings. The summed E-state index contributed by atoms with van der Waals surface area (Å²) in [4.78, 5) is 157. The normalized spacial score (nSPS) is 14.1. The molecule has 0 saturated heterocycles. The highest BCUT2D eigenvalue weighted by molar-refractivity contribution is 5.99. The van der Waals surface area contributed by atoms with Crippen LogP contribution in [0.4, 0.5) is 14.4 Å². The van der Waals surface area contributed by atoms with Crippen LogP contribution in [-0.2, 0) is 65.4 Å². The second kappa shape index (κ2) is 38.6. The summed E-state index contributed by atoms with van der Waals surface area (Å²) in [7, 11) is 0. The number of alkyl carbamates (subject to hydrolysis) is 1. The number of amides is 8. The van der Waals surface area contributed by atoms with Gasteiger partial charge in [0.25, 0.3) is 0 Å². The lowest BCUT2D eigenvalue weighted by atomic mass is 9.98. The van der Waals surface area contributed by atoms with Gasteiger partial charge in [0.1, 0.15) is 60.1 Å². The van der Waals surface area contributed by atoms with Crippen LogP contribution < -0.4 is 48.3 Å². The van der Waals surface area contributed by atoms with Crippen molar-refractivity contribution in [2.45, 2.75) is 221 Å². The molecule has 29 heteroatoms. The average Bonchev–Trinajstić information content (AvgIpc) is 1.65. The molecule has 544 valence electrons. The second-order valence-electron chi connectivity index (χ2n) is 28.4. The Bertz CT molecular complexity index is 3520. The van der Waals surface area contributed by atoms with Gasteiger partial charge in [-0.05, 0) is 152 Å². The molecule has 0 aliphatic rings. The third-order valence-corrected chi connectivity index (χ3v) is 15.3. The minimum Gasteiger partial charge on any atom is -0.480 e. The van der Waals surface area contributed by atoms with Gasteiger partial charge >= 0.3 is 24.2 Å². The number of ether oxygens (including phenoxy) is 3. The van der Waals surface area contributed by atoms with Crippen LogP contribution in [0.1, 0.15) is 159 Å². The lowest BCUT2D eigenvalue weighted by Gasteiger charge is -2.29. The number of hydrogen-bond donors (Lipinski definition) is 10. The summed E-state index contributed by atoms with van der Waals surface area (Å²) in [5.41, 5.74) is 15.7. The molecule has 8 amide bonds. The molecule has 11 N–H and O–H groups in total. The lowest BCUT2D eigenvalue weighted by molar-refractivity contribution is -0.143. The number of azide groups is 1. The summed E-state index contributed by atoms with van der Waals surface area (Å²) in [6, 6.07) is 2.78. The zero-order valence-corrected chi connectivity index (χ0v) is 59.7. The number of nitrogens with zero attached hydrogens (tertiary/aromatic N) is 5. The SMILES string of the molecule is C=CCOC(=O)NCCC[C@H](NC(=O)[C@@H](CC(C)C)NC(=O)[C@@H](N)Cc1cn(C(=O)OC(C)(C)C)c2ccccc12)C(=O)N[C@H](CC(C)C)C(=O)N[C@@H](Cc1cn(C(=O)OC(C)(C)C)c2ccccc12)C(=O)N[C@H](CC(C)C)C(=O)N[C@@H](CCCN=[N+]=[N-])C(=O)N[C@H](CC(C)C)C(=O)O. The number of carboxylic acids is 1. The smallest absolute Gasteiger partial charge is 0.419 e. The zero-order valence-electron chi connectivity index (χ0n) is 59.7. The fourth-order valence-electron chi connectivity index (χ4n) is 10.9. The van der Waals surface area contributed by atoms with Crippen LogP contribution in [0, 0.1) is 23.7 Å². The largest absolute Gasteiger partial charge is 0.480 e. The van der Waals surface area contributed by atoms with Gasteiger partial charge in [-0.2, -0.15) is 0 Å². The first-order chi connectivity index (χ1) is 46.4. The van der Waals surface area contributed by atoms with E-state index < -0.39 is 125 Å². The summed E-state index contributed by atoms with van der Waals surface area (Å²) in [5, 5.41) is 36.4. The Morgan fingerprint density at radius 3 is 1.32 bits per heavy atom. The minimum atomic E-state index is -1.59. The number of aromatic nitrogens is 2. The molecule has 0 aliphatic carbocycles. The van der Waals surface area contributed by atoms with Crippen molar-refractivity contribution >= 4 is 87.4 Å².